The molecule has 0 amide bonds. The summed E-state index contributed by atoms with van der Waals surface area (Å²) in [6, 6.07) is 0. The molecule has 2 saturated heterocycles. The standard InChI is InChI=1S/C41H72O11/c1-7-23(21(2)3)9-8-22(4)27-12-13-28-26-11-10-24-18-25(14-16-40(24,5)29(26)15-17-41(27,28)6)49-38-36(48)34(46)37(31(20-43)51-38)52-39-35(47)33(45)32(44)30(19-42)50-39/h21-39,42-48H,7-20H2,1-6H3/t22-,23-,24+,25+,26+,27-,28+,29+,30-,31-,32-,33+,34-,35-,36-,37-,38?,39-,40+,41-/m1/s1. The topological polar surface area (TPSA) is 179 Å². The van der Waals surface area contributed by atoms with Crippen LogP contribution in [-0.2, 0) is 18.9 Å². The molecule has 1 unspecified atom stereocenters. The molecule has 0 spiro atoms. The van der Waals surface area contributed by atoms with Crippen molar-refractivity contribution in [3.63, 3.8) is 0 Å². The Bertz CT molecular complexity index is 1150. The molecule has 7 N–H and O–H groups in total. The van der Waals surface area contributed by atoms with Crippen LogP contribution < -0.4 is 0 Å². The van der Waals surface area contributed by atoms with E-state index in [0.717, 1.165) is 60.7 Å². The van der Waals surface area contributed by atoms with E-state index in [2.05, 4.69) is 41.5 Å². The number of fused-ring (bicyclic) bond motifs is 5. The van der Waals surface area contributed by atoms with Gasteiger partial charge in [0.05, 0.1) is 19.3 Å². The number of ether oxygens (including phenoxy) is 4. The third-order valence-electron chi connectivity index (χ3n) is 16.1. The molecule has 6 aliphatic rings. The summed E-state index contributed by atoms with van der Waals surface area (Å²) < 4.78 is 23.6. The van der Waals surface area contributed by atoms with Gasteiger partial charge in [-0.15, -0.1) is 0 Å². The SMILES string of the molecule is CC[C@H](CC[C@@H](C)[C@H]1CC[C@H]2[C@@H]3CC[C@H]4C[C@@H](OC5O[C@H](CO)[C@@H](O[C@H]6O[C@H](CO)[C@@H](O)[C@H](O)[C@H]6O)[C@H](O)[C@H]5O)CC[C@]4(C)[C@H]3CC[C@]12C)C(C)C. The van der Waals surface area contributed by atoms with E-state index in [9.17, 15) is 35.7 Å². The third-order valence-corrected chi connectivity index (χ3v) is 16.1. The van der Waals surface area contributed by atoms with Gasteiger partial charge in [0.15, 0.2) is 12.6 Å². The first-order valence-corrected chi connectivity index (χ1v) is 20.9. The molecular formula is C41H72O11. The fourth-order valence-corrected chi connectivity index (χ4v) is 12.9. The van der Waals surface area contributed by atoms with Crippen molar-refractivity contribution in [3.05, 3.63) is 0 Å². The highest BCUT2D eigenvalue weighted by Crippen LogP contribution is 2.68. The zero-order chi connectivity index (χ0) is 37.7. The molecule has 0 radical (unpaired) electrons. The summed E-state index contributed by atoms with van der Waals surface area (Å²) in [6.07, 6.45) is 0.0553. The summed E-state index contributed by atoms with van der Waals surface area (Å²) in [4.78, 5) is 0. The van der Waals surface area contributed by atoms with Gasteiger partial charge in [-0.25, -0.2) is 0 Å². The highest BCUT2D eigenvalue weighted by Gasteiger charge is 2.61. The summed E-state index contributed by atoms with van der Waals surface area (Å²) in [5, 5.41) is 72.8. The maximum Gasteiger partial charge on any atom is 0.187 e. The minimum Gasteiger partial charge on any atom is -0.394 e. The second kappa shape index (κ2) is 16.6. The van der Waals surface area contributed by atoms with E-state index < -0.39 is 74.6 Å². The van der Waals surface area contributed by atoms with E-state index in [1.165, 1.54) is 57.8 Å². The third kappa shape index (κ3) is 7.53. The van der Waals surface area contributed by atoms with E-state index in [1.807, 2.05) is 0 Å². The van der Waals surface area contributed by atoms with Crippen molar-refractivity contribution in [3.8, 4) is 0 Å². The molecule has 11 nitrogen and oxygen atoms in total. The molecule has 11 heteroatoms. The lowest BCUT2D eigenvalue weighted by Gasteiger charge is -2.61. The summed E-state index contributed by atoms with van der Waals surface area (Å²) in [7, 11) is 0. The number of hydrogen-bond donors (Lipinski definition) is 7. The molecule has 0 aromatic rings. The van der Waals surface area contributed by atoms with Gasteiger partial charge < -0.3 is 54.7 Å². The maximum absolute atomic E-state index is 11.2. The first kappa shape index (κ1) is 41.2. The predicted molar refractivity (Wildman–Crippen MR) is 194 cm³/mol. The van der Waals surface area contributed by atoms with E-state index in [1.54, 1.807) is 0 Å². The van der Waals surface area contributed by atoms with Gasteiger partial charge in [0.1, 0.15) is 48.8 Å². The van der Waals surface area contributed by atoms with Crippen LogP contribution in [0.15, 0.2) is 0 Å². The molecule has 20 atom stereocenters. The molecular weight excluding hydrogens is 668 g/mol. The molecule has 6 rings (SSSR count). The maximum atomic E-state index is 11.2. The van der Waals surface area contributed by atoms with E-state index >= 15 is 0 Å². The van der Waals surface area contributed by atoms with Gasteiger partial charge in [-0.1, -0.05) is 54.4 Å². The summed E-state index contributed by atoms with van der Waals surface area (Å²) in [5.74, 6) is 6.06. The van der Waals surface area contributed by atoms with Crippen LogP contribution in [-0.4, -0.2) is 116 Å². The fraction of sp³-hybridized carbons (Fsp3) is 1.00. The molecule has 0 aromatic heterocycles. The number of rotatable bonds is 12. The summed E-state index contributed by atoms with van der Waals surface area (Å²) in [6.45, 7) is 13.7. The summed E-state index contributed by atoms with van der Waals surface area (Å²) >= 11 is 0. The van der Waals surface area contributed by atoms with Gasteiger partial charge >= 0.3 is 0 Å². The largest absolute Gasteiger partial charge is 0.394 e. The lowest BCUT2D eigenvalue weighted by Crippen LogP contribution is -2.65. The Morgan fingerprint density at radius 1 is 0.673 bits per heavy atom. The molecule has 302 valence electrons. The molecule has 4 saturated carbocycles. The van der Waals surface area contributed by atoms with Crippen LogP contribution in [0.4, 0.5) is 0 Å². The molecule has 6 fully saturated rings. The van der Waals surface area contributed by atoms with Crippen molar-refractivity contribution in [2.24, 2.45) is 58.2 Å². The zero-order valence-electron chi connectivity index (χ0n) is 32.6. The molecule has 2 heterocycles. The molecule has 0 bridgehead atoms. The zero-order valence-corrected chi connectivity index (χ0v) is 32.6. The van der Waals surface area contributed by atoms with Crippen molar-refractivity contribution in [1.29, 1.82) is 0 Å². The van der Waals surface area contributed by atoms with Crippen LogP contribution >= 0.6 is 0 Å². The quantitative estimate of drug-likeness (QED) is 0.145. The van der Waals surface area contributed by atoms with Crippen molar-refractivity contribution in [2.75, 3.05) is 13.2 Å². The number of aliphatic hydroxyl groups excluding tert-OH is 7. The Balaban J connectivity index is 1.05. The highest BCUT2D eigenvalue weighted by atomic mass is 16.7. The second-order valence-corrected chi connectivity index (χ2v) is 18.9. The summed E-state index contributed by atoms with van der Waals surface area (Å²) in [5.41, 5.74) is 0.704. The molecule has 52 heavy (non-hydrogen) atoms. The van der Waals surface area contributed by atoms with E-state index in [4.69, 9.17) is 18.9 Å². The molecule has 0 aromatic carbocycles. The average molecular weight is 741 g/mol. The van der Waals surface area contributed by atoms with Gasteiger partial charge in [0.25, 0.3) is 0 Å². The number of aliphatic hydroxyl groups is 7. The Morgan fingerprint density at radius 2 is 1.31 bits per heavy atom. The first-order valence-electron chi connectivity index (χ1n) is 20.9. The minimum atomic E-state index is -1.70. The van der Waals surface area contributed by atoms with Gasteiger partial charge in [-0.2, -0.15) is 0 Å². The normalized spacial score (nSPS) is 50.7. The average Bonchev–Trinajstić information content (AvgIpc) is 3.48. The monoisotopic (exact) mass is 741 g/mol. The van der Waals surface area contributed by atoms with E-state index in [0.29, 0.717) is 11.3 Å². The van der Waals surface area contributed by atoms with Crippen molar-refractivity contribution < 1.29 is 54.7 Å². The second-order valence-electron chi connectivity index (χ2n) is 18.9. The predicted octanol–water partition coefficient (Wildman–Crippen LogP) is 3.75. The van der Waals surface area contributed by atoms with Crippen molar-refractivity contribution >= 4 is 0 Å². The van der Waals surface area contributed by atoms with Gasteiger partial charge in [0.2, 0.25) is 0 Å². The smallest absolute Gasteiger partial charge is 0.187 e. The van der Waals surface area contributed by atoms with Crippen molar-refractivity contribution in [1.82, 2.24) is 0 Å². The Kier molecular flexibility index (Phi) is 13.1. The van der Waals surface area contributed by atoms with Crippen LogP contribution in [0.2, 0.25) is 0 Å². The van der Waals surface area contributed by atoms with E-state index in [-0.39, 0.29) is 11.5 Å². The number of hydrogen-bond acceptors (Lipinski definition) is 11. The van der Waals surface area contributed by atoms with Crippen LogP contribution in [0.3, 0.4) is 0 Å². The molecule has 4 aliphatic carbocycles. The Hall–Kier alpha value is -0.440. The lowest BCUT2D eigenvalue weighted by molar-refractivity contribution is -0.364. The first-order chi connectivity index (χ1) is 24.7. The Labute approximate surface area is 311 Å². The van der Waals surface area contributed by atoms with Gasteiger partial charge in [0, 0.05) is 0 Å². The highest BCUT2D eigenvalue weighted by molar-refractivity contribution is 5.10. The Morgan fingerprint density at radius 3 is 1.98 bits per heavy atom. The molecule has 2 aliphatic heterocycles. The van der Waals surface area contributed by atoms with Gasteiger partial charge in [-0.3, -0.25) is 0 Å². The minimum absolute atomic E-state index is 0.160. The van der Waals surface area contributed by atoms with Crippen LogP contribution in [0.1, 0.15) is 119 Å². The fourth-order valence-electron chi connectivity index (χ4n) is 12.9. The lowest BCUT2D eigenvalue weighted by atomic mass is 9.44. The van der Waals surface area contributed by atoms with Crippen LogP contribution in [0.25, 0.3) is 0 Å². The van der Waals surface area contributed by atoms with Crippen molar-refractivity contribution in [2.45, 2.75) is 186 Å². The van der Waals surface area contributed by atoms with Crippen LogP contribution in [0.5, 0.6) is 0 Å². The van der Waals surface area contributed by atoms with Crippen LogP contribution in [0, 0.1) is 58.2 Å². The van der Waals surface area contributed by atoms with Gasteiger partial charge in [-0.05, 0) is 122 Å².